The zero-order valence-corrected chi connectivity index (χ0v) is 16.0. The fourth-order valence-corrected chi connectivity index (χ4v) is 2.86. The first kappa shape index (κ1) is 19.5. The van der Waals surface area contributed by atoms with Crippen LogP contribution >= 0.6 is 0 Å². The van der Waals surface area contributed by atoms with Gasteiger partial charge in [0.05, 0.1) is 20.5 Å². The molecule has 3 rings (SSSR count). The molecule has 0 saturated carbocycles. The van der Waals surface area contributed by atoms with Crippen molar-refractivity contribution in [3.05, 3.63) is 101 Å². The first-order valence-corrected chi connectivity index (χ1v) is 9.01. The molecule has 3 nitrogen and oxygen atoms in total. The number of hydrogen-bond acceptors (Lipinski definition) is 3. The number of halogens is 1. The summed E-state index contributed by atoms with van der Waals surface area (Å²) in [5.74, 6) is 0.984. The van der Waals surface area contributed by atoms with Crippen LogP contribution in [-0.2, 0) is 17.8 Å². The highest BCUT2D eigenvalue weighted by molar-refractivity contribution is 5.54. The Hall–Kier alpha value is -3.27. The SMILES string of the molecule is COC=Cc1cc(F)c(Cc2ccc(OC)cc2)c(OCc2ccccc2)c1. The fraction of sp³-hybridized carbons (Fsp3) is 0.167. The van der Waals surface area contributed by atoms with Crippen molar-refractivity contribution in [2.24, 2.45) is 0 Å². The first-order chi connectivity index (χ1) is 13.7. The van der Waals surface area contributed by atoms with E-state index in [-0.39, 0.29) is 5.82 Å². The summed E-state index contributed by atoms with van der Waals surface area (Å²) in [4.78, 5) is 0. The van der Waals surface area contributed by atoms with Crippen molar-refractivity contribution in [1.29, 1.82) is 0 Å². The monoisotopic (exact) mass is 378 g/mol. The minimum absolute atomic E-state index is 0.308. The molecule has 0 aliphatic carbocycles. The third kappa shape index (κ3) is 5.13. The Balaban J connectivity index is 1.90. The predicted octanol–water partition coefficient (Wildman–Crippen LogP) is 5.62. The largest absolute Gasteiger partial charge is 0.504 e. The van der Waals surface area contributed by atoms with Crippen molar-refractivity contribution in [2.45, 2.75) is 13.0 Å². The molecule has 0 aliphatic rings. The first-order valence-electron chi connectivity index (χ1n) is 9.01. The molecule has 0 heterocycles. The quantitative estimate of drug-likeness (QED) is 0.476. The number of methoxy groups -OCH3 is 2. The van der Waals surface area contributed by atoms with E-state index in [0.29, 0.717) is 29.9 Å². The number of rotatable bonds is 8. The van der Waals surface area contributed by atoms with Gasteiger partial charge in [-0.15, -0.1) is 0 Å². The van der Waals surface area contributed by atoms with Crippen LogP contribution in [0.3, 0.4) is 0 Å². The lowest BCUT2D eigenvalue weighted by molar-refractivity contribution is 0.301. The summed E-state index contributed by atoms with van der Waals surface area (Å²) in [6.07, 6.45) is 3.64. The van der Waals surface area contributed by atoms with Gasteiger partial charge in [-0.25, -0.2) is 4.39 Å². The van der Waals surface area contributed by atoms with E-state index in [1.54, 1.807) is 20.3 Å². The summed E-state index contributed by atoms with van der Waals surface area (Å²) in [6, 6.07) is 20.7. The predicted molar refractivity (Wildman–Crippen MR) is 109 cm³/mol. The molecule has 0 amide bonds. The third-order valence-electron chi connectivity index (χ3n) is 4.35. The smallest absolute Gasteiger partial charge is 0.131 e. The Bertz CT molecular complexity index is 919. The topological polar surface area (TPSA) is 27.7 Å². The molecule has 0 spiro atoms. The summed E-state index contributed by atoms with van der Waals surface area (Å²) in [5, 5.41) is 0. The zero-order valence-electron chi connectivity index (χ0n) is 16.0. The van der Waals surface area contributed by atoms with E-state index < -0.39 is 0 Å². The van der Waals surface area contributed by atoms with E-state index in [9.17, 15) is 4.39 Å². The molecule has 0 N–H and O–H groups in total. The van der Waals surface area contributed by atoms with Crippen molar-refractivity contribution in [3.8, 4) is 11.5 Å². The standard InChI is InChI=1S/C24H23FO3/c1-26-13-12-20-15-23(25)22(14-18-8-10-21(27-2)11-9-18)24(16-20)28-17-19-6-4-3-5-7-19/h3-13,15-16H,14,17H2,1-2H3. The van der Waals surface area contributed by atoms with Crippen LogP contribution in [0.25, 0.3) is 6.08 Å². The molecule has 0 atom stereocenters. The lowest BCUT2D eigenvalue weighted by Gasteiger charge is -2.14. The molecule has 0 unspecified atom stereocenters. The normalized spacial score (nSPS) is 10.8. The second-order valence-corrected chi connectivity index (χ2v) is 6.32. The Morgan fingerprint density at radius 1 is 0.893 bits per heavy atom. The molecular weight excluding hydrogens is 355 g/mol. The Kier molecular flexibility index (Phi) is 6.68. The molecule has 144 valence electrons. The molecule has 0 fully saturated rings. The van der Waals surface area contributed by atoms with Crippen molar-refractivity contribution < 1.29 is 18.6 Å². The van der Waals surface area contributed by atoms with Gasteiger partial charge in [-0.2, -0.15) is 0 Å². The Labute approximate surface area is 165 Å². The number of ether oxygens (including phenoxy) is 3. The molecule has 0 saturated heterocycles. The van der Waals surface area contributed by atoms with Crippen LogP contribution in [0.1, 0.15) is 22.3 Å². The van der Waals surface area contributed by atoms with Crippen molar-refractivity contribution in [2.75, 3.05) is 14.2 Å². The van der Waals surface area contributed by atoms with Gasteiger partial charge < -0.3 is 14.2 Å². The van der Waals surface area contributed by atoms with E-state index in [2.05, 4.69) is 0 Å². The molecule has 0 bridgehead atoms. The van der Waals surface area contributed by atoms with Gasteiger partial charge in [0.25, 0.3) is 0 Å². The number of benzene rings is 3. The van der Waals surface area contributed by atoms with Crippen LogP contribution in [0.15, 0.2) is 73.0 Å². The average molecular weight is 378 g/mol. The van der Waals surface area contributed by atoms with E-state index in [0.717, 1.165) is 16.9 Å². The van der Waals surface area contributed by atoms with Crippen LogP contribution in [-0.4, -0.2) is 14.2 Å². The van der Waals surface area contributed by atoms with Gasteiger partial charge in [0, 0.05) is 12.0 Å². The minimum atomic E-state index is -0.308. The van der Waals surface area contributed by atoms with E-state index in [1.165, 1.54) is 12.3 Å². The summed E-state index contributed by atoms with van der Waals surface area (Å²) < 4.78 is 31.1. The fourth-order valence-electron chi connectivity index (χ4n) is 2.86. The van der Waals surface area contributed by atoms with Crippen molar-refractivity contribution in [1.82, 2.24) is 0 Å². The molecule has 4 heteroatoms. The van der Waals surface area contributed by atoms with Crippen LogP contribution < -0.4 is 9.47 Å². The van der Waals surface area contributed by atoms with E-state index in [4.69, 9.17) is 14.2 Å². The van der Waals surface area contributed by atoms with Crippen LogP contribution in [0.2, 0.25) is 0 Å². The minimum Gasteiger partial charge on any atom is -0.504 e. The second-order valence-electron chi connectivity index (χ2n) is 6.32. The number of hydrogen-bond donors (Lipinski definition) is 0. The zero-order chi connectivity index (χ0) is 19.8. The highest BCUT2D eigenvalue weighted by Gasteiger charge is 2.13. The van der Waals surface area contributed by atoms with Crippen LogP contribution in [0, 0.1) is 5.82 Å². The van der Waals surface area contributed by atoms with Gasteiger partial charge >= 0.3 is 0 Å². The highest BCUT2D eigenvalue weighted by atomic mass is 19.1. The van der Waals surface area contributed by atoms with Gasteiger partial charge in [-0.1, -0.05) is 42.5 Å². The van der Waals surface area contributed by atoms with Gasteiger partial charge in [0.2, 0.25) is 0 Å². The summed E-state index contributed by atoms with van der Waals surface area (Å²) in [6.45, 7) is 0.368. The molecule has 0 radical (unpaired) electrons. The molecule has 0 aromatic heterocycles. The average Bonchev–Trinajstić information content (AvgIpc) is 2.74. The van der Waals surface area contributed by atoms with Gasteiger partial charge in [0.1, 0.15) is 23.9 Å². The highest BCUT2D eigenvalue weighted by Crippen LogP contribution is 2.29. The van der Waals surface area contributed by atoms with Gasteiger partial charge in [-0.05, 0) is 47.0 Å². The van der Waals surface area contributed by atoms with Gasteiger partial charge in [-0.3, -0.25) is 0 Å². The van der Waals surface area contributed by atoms with Crippen LogP contribution in [0.5, 0.6) is 11.5 Å². The molecule has 0 aliphatic heterocycles. The van der Waals surface area contributed by atoms with Crippen molar-refractivity contribution >= 4 is 6.08 Å². The summed E-state index contributed by atoms with van der Waals surface area (Å²) in [7, 11) is 3.17. The molecular formula is C24H23FO3. The second kappa shape index (κ2) is 9.60. The third-order valence-corrected chi connectivity index (χ3v) is 4.35. The van der Waals surface area contributed by atoms with Crippen LogP contribution in [0.4, 0.5) is 4.39 Å². The molecule has 28 heavy (non-hydrogen) atoms. The van der Waals surface area contributed by atoms with E-state index in [1.807, 2.05) is 60.7 Å². The lowest BCUT2D eigenvalue weighted by Crippen LogP contribution is -2.02. The van der Waals surface area contributed by atoms with Crippen molar-refractivity contribution in [3.63, 3.8) is 0 Å². The van der Waals surface area contributed by atoms with Gasteiger partial charge in [0.15, 0.2) is 0 Å². The molecule has 3 aromatic rings. The lowest BCUT2D eigenvalue weighted by atomic mass is 10.0. The molecule has 3 aromatic carbocycles. The maximum Gasteiger partial charge on any atom is 0.131 e. The Morgan fingerprint density at radius 2 is 1.64 bits per heavy atom. The summed E-state index contributed by atoms with van der Waals surface area (Å²) in [5.41, 5.74) is 3.21. The van der Waals surface area contributed by atoms with E-state index >= 15 is 0 Å². The Morgan fingerprint density at radius 3 is 2.32 bits per heavy atom. The maximum absolute atomic E-state index is 14.9. The summed E-state index contributed by atoms with van der Waals surface area (Å²) >= 11 is 0. The maximum atomic E-state index is 14.9.